The number of nitrogens with zero attached hydrogens (tertiary/aromatic N) is 1. The molecule has 2 aromatic rings. The Balaban J connectivity index is 2.01. The van der Waals surface area contributed by atoms with Crippen molar-refractivity contribution in [2.24, 2.45) is 0 Å². The summed E-state index contributed by atoms with van der Waals surface area (Å²) in [6, 6.07) is 12.9. The molecule has 1 aliphatic rings. The first kappa shape index (κ1) is 13.4. The Morgan fingerprint density at radius 2 is 1.86 bits per heavy atom. The van der Waals surface area contributed by atoms with E-state index in [1.807, 2.05) is 44.2 Å². The van der Waals surface area contributed by atoms with Crippen molar-refractivity contribution in [3.63, 3.8) is 0 Å². The predicted molar refractivity (Wildman–Crippen MR) is 82.7 cm³/mol. The minimum atomic E-state index is -0.175. The van der Waals surface area contributed by atoms with E-state index in [9.17, 15) is 9.59 Å². The summed E-state index contributed by atoms with van der Waals surface area (Å²) < 4.78 is 0. The molecule has 2 amide bonds. The molecular formula is C17H16N2O2. The molecule has 3 rings (SSSR count). The highest BCUT2D eigenvalue weighted by atomic mass is 16.2. The lowest BCUT2D eigenvalue weighted by Gasteiger charge is -2.29. The number of benzene rings is 2. The predicted octanol–water partition coefficient (Wildman–Crippen LogP) is 2.90. The van der Waals surface area contributed by atoms with Gasteiger partial charge in [0.25, 0.3) is 5.91 Å². The third-order valence-corrected chi connectivity index (χ3v) is 3.77. The summed E-state index contributed by atoms with van der Waals surface area (Å²) in [5, 5.41) is 2.78. The van der Waals surface area contributed by atoms with E-state index in [1.54, 1.807) is 12.1 Å². The molecule has 0 radical (unpaired) electrons. The van der Waals surface area contributed by atoms with Gasteiger partial charge in [0.1, 0.15) is 6.54 Å². The number of rotatable bonds is 1. The number of para-hydroxylation sites is 2. The molecule has 4 heteroatoms. The largest absolute Gasteiger partial charge is 0.323 e. The Morgan fingerprint density at radius 1 is 1.10 bits per heavy atom. The number of aryl methyl sites for hydroxylation is 2. The lowest BCUT2D eigenvalue weighted by atomic mass is 10.0. The summed E-state index contributed by atoms with van der Waals surface area (Å²) in [6.07, 6.45) is 0. The maximum Gasteiger partial charge on any atom is 0.258 e. The average Bonchev–Trinajstić information content (AvgIpc) is 2.48. The van der Waals surface area contributed by atoms with Crippen LogP contribution in [0.15, 0.2) is 42.5 Å². The number of hydrogen-bond acceptors (Lipinski definition) is 2. The van der Waals surface area contributed by atoms with Gasteiger partial charge in [0.2, 0.25) is 5.91 Å². The zero-order valence-electron chi connectivity index (χ0n) is 12.0. The highest BCUT2D eigenvalue weighted by molar-refractivity contribution is 6.15. The van der Waals surface area contributed by atoms with E-state index < -0.39 is 0 Å². The van der Waals surface area contributed by atoms with Gasteiger partial charge in [-0.05, 0) is 49.2 Å². The lowest BCUT2D eigenvalue weighted by molar-refractivity contribution is -0.115. The average molecular weight is 280 g/mol. The van der Waals surface area contributed by atoms with Gasteiger partial charge in [-0.15, -0.1) is 0 Å². The molecule has 0 bridgehead atoms. The Bertz CT molecular complexity index is 737. The van der Waals surface area contributed by atoms with Gasteiger partial charge < -0.3 is 5.32 Å². The Hall–Kier alpha value is -2.62. The molecule has 0 aromatic heterocycles. The third kappa shape index (κ3) is 2.40. The normalized spacial score (nSPS) is 13.6. The van der Waals surface area contributed by atoms with E-state index in [2.05, 4.69) is 5.32 Å². The van der Waals surface area contributed by atoms with Crippen molar-refractivity contribution in [2.45, 2.75) is 13.8 Å². The van der Waals surface area contributed by atoms with E-state index in [-0.39, 0.29) is 18.4 Å². The molecule has 1 N–H and O–H groups in total. The van der Waals surface area contributed by atoms with Gasteiger partial charge in [-0.3, -0.25) is 14.5 Å². The van der Waals surface area contributed by atoms with Crippen molar-refractivity contribution in [1.82, 2.24) is 0 Å². The third-order valence-electron chi connectivity index (χ3n) is 3.77. The maximum atomic E-state index is 12.7. The zero-order valence-corrected chi connectivity index (χ0v) is 12.0. The zero-order chi connectivity index (χ0) is 15.0. The van der Waals surface area contributed by atoms with Crippen molar-refractivity contribution in [1.29, 1.82) is 0 Å². The fraction of sp³-hybridized carbons (Fsp3) is 0.176. The first-order valence-electron chi connectivity index (χ1n) is 6.84. The van der Waals surface area contributed by atoms with Crippen LogP contribution in [0.5, 0.6) is 0 Å². The van der Waals surface area contributed by atoms with Crippen LogP contribution in [0.4, 0.5) is 11.4 Å². The van der Waals surface area contributed by atoms with E-state index in [1.165, 1.54) is 4.90 Å². The second-order valence-corrected chi connectivity index (χ2v) is 5.26. The van der Waals surface area contributed by atoms with Gasteiger partial charge in [-0.1, -0.05) is 18.2 Å². The molecule has 0 fully saturated rings. The standard InChI is InChI=1S/C17H16N2O2/c1-11-7-8-13(9-12(11)2)17(21)19-10-16(20)18-14-5-3-4-6-15(14)19/h3-9H,10H2,1-2H3,(H,18,20). The summed E-state index contributed by atoms with van der Waals surface area (Å²) >= 11 is 0. The molecule has 0 saturated heterocycles. The fourth-order valence-electron chi connectivity index (χ4n) is 2.44. The summed E-state index contributed by atoms with van der Waals surface area (Å²) in [6.45, 7) is 4.03. The van der Waals surface area contributed by atoms with Crippen LogP contribution in [-0.2, 0) is 4.79 Å². The van der Waals surface area contributed by atoms with Gasteiger partial charge >= 0.3 is 0 Å². The Morgan fingerprint density at radius 3 is 2.62 bits per heavy atom. The first-order chi connectivity index (χ1) is 10.1. The van der Waals surface area contributed by atoms with Crippen LogP contribution in [0.3, 0.4) is 0 Å². The van der Waals surface area contributed by atoms with Crippen LogP contribution in [0.1, 0.15) is 21.5 Å². The molecule has 4 nitrogen and oxygen atoms in total. The molecule has 21 heavy (non-hydrogen) atoms. The van der Waals surface area contributed by atoms with Gasteiger partial charge in [-0.25, -0.2) is 0 Å². The number of carbonyl (C=O) groups is 2. The molecule has 0 spiro atoms. The van der Waals surface area contributed by atoms with E-state index >= 15 is 0 Å². The van der Waals surface area contributed by atoms with Crippen LogP contribution in [-0.4, -0.2) is 18.4 Å². The number of nitrogens with one attached hydrogen (secondary N) is 1. The molecule has 1 aliphatic heterocycles. The quantitative estimate of drug-likeness (QED) is 0.873. The summed E-state index contributed by atoms with van der Waals surface area (Å²) in [4.78, 5) is 26.0. The first-order valence-corrected chi connectivity index (χ1v) is 6.84. The number of carbonyl (C=O) groups excluding carboxylic acids is 2. The van der Waals surface area contributed by atoms with Crippen LogP contribution < -0.4 is 10.2 Å². The summed E-state index contributed by atoms with van der Waals surface area (Å²) in [5.74, 6) is -0.328. The van der Waals surface area contributed by atoms with E-state index in [0.29, 0.717) is 11.3 Å². The van der Waals surface area contributed by atoms with Crippen molar-refractivity contribution in [3.8, 4) is 0 Å². The molecule has 106 valence electrons. The molecule has 0 atom stereocenters. The number of anilines is 2. The molecule has 2 aromatic carbocycles. The molecular weight excluding hydrogens is 264 g/mol. The Labute approximate surface area is 123 Å². The summed E-state index contributed by atoms with van der Waals surface area (Å²) in [7, 11) is 0. The van der Waals surface area contributed by atoms with Crippen molar-refractivity contribution >= 4 is 23.2 Å². The molecule has 0 unspecified atom stereocenters. The topological polar surface area (TPSA) is 49.4 Å². The van der Waals surface area contributed by atoms with Gasteiger partial charge in [0.15, 0.2) is 0 Å². The minimum absolute atomic E-state index is 0.0444. The van der Waals surface area contributed by atoms with Gasteiger partial charge in [0.05, 0.1) is 11.4 Å². The monoisotopic (exact) mass is 280 g/mol. The number of fused-ring (bicyclic) bond motifs is 1. The highest BCUT2D eigenvalue weighted by Crippen LogP contribution is 2.30. The lowest BCUT2D eigenvalue weighted by Crippen LogP contribution is -2.42. The minimum Gasteiger partial charge on any atom is -0.323 e. The highest BCUT2D eigenvalue weighted by Gasteiger charge is 2.27. The SMILES string of the molecule is Cc1ccc(C(=O)N2CC(=O)Nc3ccccc32)cc1C. The summed E-state index contributed by atoms with van der Waals surface area (Å²) in [5.41, 5.74) is 4.22. The van der Waals surface area contributed by atoms with Crippen molar-refractivity contribution in [3.05, 3.63) is 59.2 Å². The van der Waals surface area contributed by atoms with Gasteiger partial charge in [-0.2, -0.15) is 0 Å². The fourth-order valence-corrected chi connectivity index (χ4v) is 2.44. The molecule has 0 saturated carbocycles. The van der Waals surface area contributed by atoms with Crippen LogP contribution in [0.25, 0.3) is 0 Å². The van der Waals surface area contributed by atoms with E-state index in [0.717, 1.165) is 16.8 Å². The second kappa shape index (κ2) is 5.05. The van der Waals surface area contributed by atoms with Crippen LogP contribution in [0.2, 0.25) is 0 Å². The van der Waals surface area contributed by atoms with Crippen molar-refractivity contribution < 1.29 is 9.59 Å². The van der Waals surface area contributed by atoms with Crippen molar-refractivity contribution in [2.75, 3.05) is 16.8 Å². The molecule has 1 heterocycles. The number of hydrogen-bond donors (Lipinski definition) is 1. The van der Waals surface area contributed by atoms with E-state index in [4.69, 9.17) is 0 Å². The van der Waals surface area contributed by atoms with Crippen LogP contribution in [0, 0.1) is 13.8 Å². The smallest absolute Gasteiger partial charge is 0.258 e. The van der Waals surface area contributed by atoms with Crippen LogP contribution >= 0.6 is 0 Å². The maximum absolute atomic E-state index is 12.7. The molecule has 0 aliphatic carbocycles. The van der Waals surface area contributed by atoms with Gasteiger partial charge in [0, 0.05) is 5.56 Å². The number of amides is 2. The second-order valence-electron chi connectivity index (χ2n) is 5.26. The Kier molecular flexibility index (Phi) is 3.22.